The minimum Gasteiger partial charge on any atom is -0.508 e. The molecule has 134 valence electrons. The fraction of sp³-hybridized carbons (Fsp3) is 0.158. The van der Waals surface area contributed by atoms with Crippen molar-refractivity contribution in [2.45, 2.75) is 19.0 Å². The average Bonchev–Trinajstić information content (AvgIpc) is 3.13. The summed E-state index contributed by atoms with van der Waals surface area (Å²) in [5.74, 6) is 0.139. The number of amides is 1. The molecule has 0 spiro atoms. The topological polar surface area (TPSA) is 101 Å². The lowest BCUT2D eigenvalue weighted by Crippen LogP contribution is -2.23. The molecular weight excluding hydrogens is 354 g/mol. The number of aromatic hydroxyl groups is 1. The van der Waals surface area contributed by atoms with Gasteiger partial charge in [0, 0.05) is 11.6 Å². The number of nitrogens with one attached hydrogen (secondary N) is 1. The normalized spacial score (nSPS) is 11.9. The Bertz CT molecular complexity index is 876. The second kappa shape index (κ2) is 8.03. The largest absolute Gasteiger partial charge is 0.508 e. The molecule has 0 radical (unpaired) electrons. The van der Waals surface area contributed by atoms with Crippen molar-refractivity contribution in [1.82, 2.24) is 10.3 Å². The number of halogens is 1. The SMILES string of the molecule is NC(Cc1ccc(O)cc1)c1nc(C(=O)NCc2ccc(Cl)cc2)co1. The zero-order valence-corrected chi connectivity index (χ0v) is 14.6. The van der Waals surface area contributed by atoms with E-state index in [0.717, 1.165) is 11.1 Å². The van der Waals surface area contributed by atoms with Crippen molar-refractivity contribution < 1.29 is 14.3 Å². The van der Waals surface area contributed by atoms with Gasteiger partial charge in [0.2, 0.25) is 5.89 Å². The van der Waals surface area contributed by atoms with Crippen LogP contribution in [0.15, 0.2) is 59.2 Å². The number of benzene rings is 2. The van der Waals surface area contributed by atoms with E-state index in [-0.39, 0.29) is 23.2 Å². The first-order valence-electron chi connectivity index (χ1n) is 8.03. The van der Waals surface area contributed by atoms with Crippen LogP contribution >= 0.6 is 11.6 Å². The van der Waals surface area contributed by atoms with E-state index in [1.165, 1.54) is 6.26 Å². The van der Waals surface area contributed by atoms with E-state index in [0.29, 0.717) is 18.0 Å². The Hall–Kier alpha value is -2.83. The maximum Gasteiger partial charge on any atom is 0.273 e. The van der Waals surface area contributed by atoms with Gasteiger partial charge in [-0.1, -0.05) is 35.9 Å². The third-order valence-corrected chi connectivity index (χ3v) is 4.08. The molecule has 0 aliphatic heterocycles. The number of hydrogen-bond donors (Lipinski definition) is 3. The first-order valence-corrected chi connectivity index (χ1v) is 8.40. The quantitative estimate of drug-likeness (QED) is 0.617. The van der Waals surface area contributed by atoms with Crippen molar-refractivity contribution >= 4 is 17.5 Å². The second-order valence-corrected chi connectivity index (χ2v) is 6.29. The monoisotopic (exact) mass is 371 g/mol. The number of oxazole rings is 1. The van der Waals surface area contributed by atoms with Crippen LogP contribution in [0.4, 0.5) is 0 Å². The lowest BCUT2D eigenvalue weighted by Gasteiger charge is -2.07. The van der Waals surface area contributed by atoms with Crippen molar-refractivity contribution in [2.24, 2.45) is 5.73 Å². The maximum atomic E-state index is 12.2. The van der Waals surface area contributed by atoms with Crippen LogP contribution in [0.3, 0.4) is 0 Å². The molecule has 1 aromatic heterocycles. The summed E-state index contributed by atoms with van der Waals surface area (Å²) in [5.41, 5.74) is 8.13. The molecule has 1 amide bonds. The average molecular weight is 372 g/mol. The van der Waals surface area contributed by atoms with E-state index in [4.69, 9.17) is 21.8 Å². The number of carbonyl (C=O) groups excluding carboxylic acids is 1. The fourth-order valence-corrected chi connectivity index (χ4v) is 2.54. The minimum absolute atomic E-state index is 0.176. The third kappa shape index (κ3) is 4.62. The predicted octanol–water partition coefficient (Wildman–Crippen LogP) is 3.21. The summed E-state index contributed by atoms with van der Waals surface area (Å²) in [6.45, 7) is 0.359. The summed E-state index contributed by atoms with van der Waals surface area (Å²) < 4.78 is 5.35. The highest BCUT2D eigenvalue weighted by molar-refractivity contribution is 6.30. The van der Waals surface area contributed by atoms with Crippen molar-refractivity contribution in [3.05, 3.63) is 82.5 Å². The number of phenols is 1. The van der Waals surface area contributed by atoms with Gasteiger partial charge in [0.05, 0.1) is 6.04 Å². The molecule has 0 fully saturated rings. The van der Waals surface area contributed by atoms with Crippen LogP contribution in [0.2, 0.25) is 5.02 Å². The zero-order chi connectivity index (χ0) is 18.5. The van der Waals surface area contributed by atoms with E-state index < -0.39 is 6.04 Å². The van der Waals surface area contributed by atoms with Gasteiger partial charge in [0.1, 0.15) is 12.0 Å². The summed E-state index contributed by atoms with van der Waals surface area (Å²) >= 11 is 5.83. The summed E-state index contributed by atoms with van der Waals surface area (Å²) in [7, 11) is 0. The van der Waals surface area contributed by atoms with Crippen molar-refractivity contribution in [3.63, 3.8) is 0 Å². The number of phenolic OH excluding ortho intramolecular Hbond substituents is 1. The standard InChI is InChI=1S/C19H18ClN3O3/c20-14-5-1-13(2-6-14)10-22-18(25)17-11-26-19(23-17)16(21)9-12-3-7-15(24)8-4-12/h1-8,11,16,24H,9-10,21H2,(H,22,25). The number of hydrogen-bond acceptors (Lipinski definition) is 5. The highest BCUT2D eigenvalue weighted by Gasteiger charge is 2.17. The highest BCUT2D eigenvalue weighted by atomic mass is 35.5. The second-order valence-electron chi connectivity index (χ2n) is 5.86. The van der Waals surface area contributed by atoms with Gasteiger partial charge in [-0.15, -0.1) is 0 Å². The summed E-state index contributed by atoms with van der Waals surface area (Å²) in [6, 6.07) is 13.4. The molecular formula is C19H18ClN3O3. The van der Waals surface area contributed by atoms with Gasteiger partial charge < -0.3 is 20.6 Å². The maximum absolute atomic E-state index is 12.2. The Kier molecular flexibility index (Phi) is 5.55. The molecule has 1 heterocycles. The molecule has 0 bridgehead atoms. The Morgan fingerprint density at radius 1 is 1.15 bits per heavy atom. The smallest absolute Gasteiger partial charge is 0.273 e. The molecule has 0 saturated carbocycles. The van der Waals surface area contributed by atoms with Gasteiger partial charge in [-0.05, 0) is 41.8 Å². The van der Waals surface area contributed by atoms with Gasteiger partial charge in [-0.3, -0.25) is 4.79 Å². The zero-order valence-electron chi connectivity index (χ0n) is 13.9. The van der Waals surface area contributed by atoms with Crippen LogP contribution in [0, 0.1) is 0 Å². The van der Waals surface area contributed by atoms with Crippen LogP contribution in [-0.4, -0.2) is 16.0 Å². The molecule has 0 aliphatic rings. The Balaban J connectivity index is 1.58. The van der Waals surface area contributed by atoms with Gasteiger partial charge >= 0.3 is 0 Å². The molecule has 3 aromatic rings. The highest BCUT2D eigenvalue weighted by Crippen LogP contribution is 2.18. The van der Waals surface area contributed by atoms with Crippen LogP contribution in [-0.2, 0) is 13.0 Å². The van der Waals surface area contributed by atoms with Crippen LogP contribution in [0.1, 0.15) is 33.5 Å². The predicted molar refractivity (Wildman–Crippen MR) is 97.9 cm³/mol. The van der Waals surface area contributed by atoms with Crippen LogP contribution in [0.5, 0.6) is 5.75 Å². The van der Waals surface area contributed by atoms with Gasteiger partial charge in [-0.2, -0.15) is 0 Å². The molecule has 6 nitrogen and oxygen atoms in total. The van der Waals surface area contributed by atoms with E-state index in [9.17, 15) is 9.90 Å². The number of rotatable bonds is 6. The number of aromatic nitrogens is 1. The van der Waals surface area contributed by atoms with E-state index in [1.807, 2.05) is 12.1 Å². The van der Waals surface area contributed by atoms with Crippen LogP contribution < -0.4 is 11.1 Å². The van der Waals surface area contributed by atoms with Crippen LogP contribution in [0.25, 0.3) is 0 Å². The molecule has 26 heavy (non-hydrogen) atoms. The van der Waals surface area contributed by atoms with Crippen molar-refractivity contribution in [1.29, 1.82) is 0 Å². The summed E-state index contributed by atoms with van der Waals surface area (Å²) in [5, 5.41) is 12.7. The lowest BCUT2D eigenvalue weighted by molar-refractivity contribution is 0.0946. The third-order valence-electron chi connectivity index (χ3n) is 3.83. The Morgan fingerprint density at radius 2 is 1.81 bits per heavy atom. The molecule has 1 atom stereocenters. The van der Waals surface area contributed by atoms with Gasteiger partial charge in [0.15, 0.2) is 5.69 Å². The minimum atomic E-state index is -0.489. The lowest BCUT2D eigenvalue weighted by atomic mass is 10.1. The molecule has 4 N–H and O–H groups in total. The molecule has 1 unspecified atom stereocenters. The van der Waals surface area contributed by atoms with E-state index >= 15 is 0 Å². The molecule has 3 rings (SSSR count). The van der Waals surface area contributed by atoms with Crippen molar-refractivity contribution in [3.8, 4) is 5.75 Å². The Labute approximate surface area is 155 Å². The Morgan fingerprint density at radius 3 is 2.50 bits per heavy atom. The van der Waals surface area contributed by atoms with Gasteiger partial charge in [0.25, 0.3) is 5.91 Å². The summed E-state index contributed by atoms with van der Waals surface area (Å²) in [6.07, 6.45) is 1.77. The van der Waals surface area contributed by atoms with Crippen molar-refractivity contribution in [2.75, 3.05) is 0 Å². The number of nitrogens with two attached hydrogens (primary N) is 1. The number of carbonyl (C=O) groups is 1. The van der Waals surface area contributed by atoms with E-state index in [2.05, 4.69) is 10.3 Å². The number of nitrogens with zero attached hydrogens (tertiary/aromatic N) is 1. The molecule has 2 aromatic carbocycles. The molecule has 0 saturated heterocycles. The summed E-state index contributed by atoms with van der Waals surface area (Å²) in [4.78, 5) is 16.4. The molecule has 0 aliphatic carbocycles. The van der Waals surface area contributed by atoms with E-state index in [1.54, 1.807) is 36.4 Å². The fourth-order valence-electron chi connectivity index (χ4n) is 2.41. The first kappa shape index (κ1) is 18.0. The first-order chi connectivity index (χ1) is 12.5. The molecule has 7 heteroatoms. The van der Waals surface area contributed by atoms with Gasteiger partial charge in [-0.25, -0.2) is 4.98 Å².